The van der Waals surface area contributed by atoms with E-state index in [2.05, 4.69) is 25.6 Å². The molecule has 0 saturated carbocycles. The highest BCUT2D eigenvalue weighted by molar-refractivity contribution is 6.14. The molecule has 0 fully saturated rings. The summed E-state index contributed by atoms with van der Waals surface area (Å²) in [5, 5.41) is 12.1. The van der Waals surface area contributed by atoms with Crippen LogP contribution < -0.4 is 10.1 Å². The molecule has 31 heavy (non-hydrogen) atoms. The van der Waals surface area contributed by atoms with E-state index < -0.39 is 11.9 Å². The van der Waals surface area contributed by atoms with E-state index in [4.69, 9.17) is 9.47 Å². The summed E-state index contributed by atoms with van der Waals surface area (Å²) in [6, 6.07) is 11.1. The maximum atomic E-state index is 13.1. The first-order valence-corrected chi connectivity index (χ1v) is 9.26. The Morgan fingerprint density at radius 2 is 1.90 bits per heavy atom. The van der Waals surface area contributed by atoms with E-state index in [1.165, 1.54) is 20.4 Å². The van der Waals surface area contributed by atoms with Gasteiger partial charge in [-0.2, -0.15) is 4.98 Å². The number of esters is 1. The molecular weight excluding hydrogens is 400 g/mol. The Balaban J connectivity index is 1.72. The monoisotopic (exact) mass is 418 g/mol. The van der Waals surface area contributed by atoms with Gasteiger partial charge in [-0.05, 0) is 22.4 Å². The van der Waals surface area contributed by atoms with Gasteiger partial charge in [0.2, 0.25) is 5.88 Å². The molecule has 0 aliphatic heterocycles. The Morgan fingerprint density at radius 3 is 2.61 bits per heavy atom. The average Bonchev–Trinajstić information content (AvgIpc) is 3.31. The number of methoxy groups -OCH3 is 2. The molecule has 0 radical (unpaired) electrons. The number of hydrogen-bond donors (Lipinski definition) is 1. The highest BCUT2D eigenvalue weighted by atomic mass is 16.5. The molecule has 0 aliphatic rings. The summed E-state index contributed by atoms with van der Waals surface area (Å²) in [6.07, 6.45) is 4.65. The standard InChI is InChI=1S/C21H18N6O4/c1-30-17-11-22-18(21(29)31-2)19(24-17)25-20(28)16-8-7-13(12-27-10-9-23-26-27)14-5-3-4-6-15(14)16/h3-11H,12H2,1-2H3,(H,24,25,28). The number of carbonyl (C=O) groups is 2. The van der Waals surface area contributed by atoms with Crippen LogP contribution in [-0.2, 0) is 11.3 Å². The summed E-state index contributed by atoms with van der Waals surface area (Å²) in [5.41, 5.74) is 1.27. The maximum Gasteiger partial charge on any atom is 0.360 e. The number of anilines is 1. The zero-order chi connectivity index (χ0) is 21.8. The number of nitrogens with one attached hydrogen (secondary N) is 1. The molecule has 0 spiro atoms. The number of ether oxygens (including phenoxy) is 2. The Kier molecular flexibility index (Phi) is 5.52. The Labute approximate surface area is 176 Å². The number of rotatable bonds is 6. The zero-order valence-electron chi connectivity index (χ0n) is 16.8. The minimum absolute atomic E-state index is 0.0491. The van der Waals surface area contributed by atoms with E-state index >= 15 is 0 Å². The van der Waals surface area contributed by atoms with Crippen molar-refractivity contribution in [3.63, 3.8) is 0 Å². The van der Waals surface area contributed by atoms with Crippen LogP contribution in [0.1, 0.15) is 26.4 Å². The van der Waals surface area contributed by atoms with Crippen molar-refractivity contribution in [1.82, 2.24) is 25.0 Å². The van der Waals surface area contributed by atoms with Crippen LogP contribution in [0.3, 0.4) is 0 Å². The van der Waals surface area contributed by atoms with Gasteiger partial charge in [-0.1, -0.05) is 35.5 Å². The van der Waals surface area contributed by atoms with Crippen molar-refractivity contribution >= 4 is 28.5 Å². The second-order valence-electron chi connectivity index (χ2n) is 6.47. The fraction of sp³-hybridized carbons (Fsp3) is 0.143. The van der Waals surface area contributed by atoms with Crippen LogP contribution >= 0.6 is 0 Å². The molecule has 2 heterocycles. The topological polar surface area (TPSA) is 121 Å². The summed E-state index contributed by atoms with van der Waals surface area (Å²) in [5.74, 6) is -1.07. The normalized spacial score (nSPS) is 10.6. The van der Waals surface area contributed by atoms with Gasteiger partial charge in [-0.25, -0.2) is 14.5 Å². The fourth-order valence-electron chi connectivity index (χ4n) is 3.17. The second-order valence-corrected chi connectivity index (χ2v) is 6.47. The van der Waals surface area contributed by atoms with Crippen molar-refractivity contribution in [1.29, 1.82) is 0 Å². The molecule has 0 unspecified atom stereocenters. The van der Waals surface area contributed by atoms with E-state index in [-0.39, 0.29) is 17.4 Å². The number of carbonyl (C=O) groups excluding carboxylic acids is 2. The van der Waals surface area contributed by atoms with Crippen molar-refractivity contribution in [2.75, 3.05) is 19.5 Å². The quantitative estimate of drug-likeness (QED) is 0.474. The molecule has 2 aromatic heterocycles. The first-order valence-electron chi connectivity index (χ1n) is 9.26. The molecule has 1 amide bonds. The lowest BCUT2D eigenvalue weighted by atomic mass is 9.99. The van der Waals surface area contributed by atoms with Crippen LogP contribution in [0.2, 0.25) is 0 Å². The molecule has 0 bridgehead atoms. The third-order valence-electron chi connectivity index (χ3n) is 4.63. The largest absolute Gasteiger partial charge is 0.480 e. The van der Waals surface area contributed by atoms with Crippen LogP contribution in [0.15, 0.2) is 55.0 Å². The molecule has 10 nitrogen and oxygen atoms in total. The van der Waals surface area contributed by atoms with E-state index in [0.717, 1.165) is 16.3 Å². The van der Waals surface area contributed by atoms with E-state index in [9.17, 15) is 9.59 Å². The first-order chi connectivity index (χ1) is 15.1. The molecule has 0 atom stereocenters. The van der Waals surface area contributed by atoms with Gasteiger partial charge < -0.3 is 14.8 Å². The predicted molar refractivity (Wildman–Crippen MR) is 111 cm³/mol. The number of fused-ring (bicyclic) bond motifs is 1. The minimum atomic E-state index is -0.724. The van der Waals surface area contributed by atoms with Crippen molar-refractivity contribution in [2.45, 2.75) is 6.54 Å². The molecule has 0 aliphatic carbocycles. The van der Waals surface area contributed by atoms with E-state index in [0.29, 0.717) is 12.1 Å². The van der Waals surface area contributed by atoms with Gasteiger partial charge >= 0.3 is 5.97 Å². The van der Waals surface area contributed by atoms with Crippen molar-refractivity contribution in [2.24, 2.45) is 0 Å². The third-order valence-corrected chi connectivity index (χ3v) is 4.63. The number of nitrogens with zero attached hydrogens (tertiary/aromatic N) is 5. The zero-order valence-corrected chi connectivity index (χ0v) is 16.8. The van der Waals surface area contributed by atoms with Gasteiger partial charge in [0.05, 0.1) is 33.2 Å². The number of benzene rings is 2. The lowest BCUT2D eigenvalue weighted by Crippen LogP contribution is -2.18. The third kappa shape index (κ3) is 4.04. The van der Waals surface area contributed by atoms with Crippen LogP contribution in [0.4, 0.5) is 5.82 Å². The van der Waals surface area contributed by atoms with Gasteiger partial charge in [-0.15, -0.1) is 5.10 Å². The lowest BCUT2D eigenvalue weighted by molar-refractivity contribution is 0.0594. The minimum Gasteiger partial charge on any atom is -0.480 e. The van der Waals surface area contributed by atoms with Crippen LogP contribution in [0.25, 0.3) is 10.8 Å². The Morgan fingerprint density at radius 1 is 1.10 bits per heavy atom. The van der Waals surface area contributed by atoms with Crippen molar-refractivity contribution in [3.05, 3.63) is 71.8 Å². The summed E-state index contributed by atoms with van der Waals surface area (Å²) >= 11 is 0. The van der Waals surface area contributed by atoms with E-state index in [1.807, 2.05) is 30.3 Å². The van der Waals surface area contributed by atoms with Gasteiger partial charge in [0, 0.05) is 11.8 Å². The van der Waals surface area contributed by atoms with Crippen LogP contribution in [0.5, 0.6) is 5.88 Å². The first kappa shape index (κ1) is 20.0. The van der Waals surface area contributed by atoms with Gasteiger partial charge in [0.1, 0.15) is 0 Å². The molecule has 4 rings (SSSR count). The van der Waals surface area contributed by atoms with Crippen LogP contribution in [-0.4, -0.2) is 51.1 Å². The Bertz CT molecular complexity index is 1260. The molecule has 10 heteroatoms. The summed E-state index contributed by atoms with van der Waals surface area (Å²) in [7, 11) is 2.63. The van der Waals surface area contributed by atoms with Crippen LogP contribution in [0, 0.1) is 0 Å². The molecule has 2 aromatic carbocycles. The number of amides is 1. The van der Waals surface area contributed by atoms with Crippen molar-refractivity contribution in [3.8, 4) is 5.88 Å². The highest BCUT2D eigenvalue weighted by Crippen LogP contribution is 2.25. The summed E-state index contributed by atoms with van der Waals surface area (Å²) < 4.78 is 11.5. The van der Waals surface area contributed by atoms with Gasteiger partial charge in [-0.3, -0.25) is 4.79 Å². The lowest BCUT2D eigenvalue weighted by Gasteiger charge is -2.13. The van der Waals surface area contributed by atoms with Gasteiger partial charge in [0.15, 0.2) is 11.5 Å². The number of hydrogen-bond acceptors (Lipinski definition) is 8. The summed E-state index contributed by atoms with van der Waals surface area (Å²) in [6.45, 7) is 0.510. The smallest absolute Gasteiger partial charge is 0.360 e. The molecule has 1 N–H and O–H groups in total. The number of aromatic nitrogens is 5. The highest BCUT2D eigenvalue weighted by Gasteiger charge is 2.20. The second kappa shape index (κ2) is 8.57. The average molecular weight is 418 g/mol. The Hall–Kier alpha value is -4.34. The van der Waals surface area contributed by atoms with Crippen molar-refractivity contribution < 1.29 is 19.1 Å². The van der Waals surface area contributed by atoms with E-state index in [1.54, 1.807) is 23.1 Å². The predicted octanol–water partition coefficient (Wildman–Crippen LogP) is 2.32. The fourth-order valence-corrected chi connectivity index (χ4v) is 3.17. The van der Waals surface area contributed by atoms with Gasteiger partial charge in [0.25, 0.3) is 5.91 Å². The maximum absolute atomic E-state index is 13.1. The molecule has 156 valence electrons. The molecular formula is C21H18N6O4. The molecule has 4 aromatic rings. The SMILES string of the molecule is COC(=O)c1ncc(OC)nc1NC(=O)c1ccc(Cn2ccnn2)c2ccccc12. The summed E-state index contributed by atoms with van der Waals surface area (Å²) in [4.78, 5) is 33.3. The molecule has 0 saturated heterocycles.